The minimum absolute atomic E-state index is 0.215. The molecule has 0 spiro atoms. The van der Waals surface area contributed by atoms with E-state index >= 15 is 0 Å². The number of ether oxygens (including phenoxy) is 3. The topological polar surface area (TPSA) is 82.6 Å². The Morgan fingerprint density at radius 1 is 1.26 bits per heavy atom. The minimum atomic E-state index is -0.537. The monoisotopic (exact) mass is 387 g/mol. The Bertz CT molecular complexity index is 915. The standard InChI is InChI=1S/C19H21N3O4S/c1-12(25-3)19(23)21-13-4-5-15-14(8-13)17(26-7-6-24-2)9-16(22-15)18-10-20-11-27-18/h4-5,8-12H,6-7H2,1-3H3,(H,21,23). The van der Waals surface area contributed by atoms with Crippen molar-refractivity contribution < 1.29 is 19.0 Å². The molecule has 27 heavy (non-hydrogen) atoms. The number of benzene rings is 1. The molecule has 0 aliphatic heterocycles. The summed E-state index contributed by atoms with van der Waals surface area (Å²) >= 11 is 1.51. The second-order valence-corrected chi connectivity index (χ2v) is 6.70. The summed E-state index contributed by atoms with van der Waals surface area (Å²) in [5.41, 5.74) is 3.98. The van der Waals surface area contributed by atoms with E-state index in [9.17, 15) is 4.79 Å². The Kier molecular flexibility index (Phi) is 6.33. The van der Waals surface area contributed by atoms with Crippen molar-refractivity contribution in [2.45, 2.75) is 13.0 Å². The molecule has 1 amide bonds. The van der Waals surface area contributed by atoms with E-state index in [1.54, 1.807) is 25.7 Å². The van der Waals surface area contributed by atoms with Crippen LogP contribution in [0.3, 0.4) is 0 Å². The van der Waals surface area contributed by atoms with Gasteiger partial charge in [-0.1, -0.05) is 0 Å². The van der Waals surface area contributed by atoms with Crippen LogP contribution in [0.2, 0.25) is 0 Å². The number of nitrogens with one attached hydrogen (secondary N) is 1. The molecular weight excluding hydrogens is 366 g/mol. The summed E-state index contributed by atoms with van der Waals surface area (Å²) in [4.78, 5) is 21.9. The van der Waals surface area contributed by atoms with Crippen LogP contribution in [0, 0.1) is 0 Å². The molecule has 1 unspecified atom stereocenters. The van der Waals surface area contributed by atoms with Crippen molar-refractivity contribution in [1.29, 1.82) is 0 Å². The van der Waals surface area contributed by atoms with E-state index in [2.05, 4.69) is 10.3 Å². The van der Waals surface area contributed by atoms with E-state index < -0.39 is 6.10 Å². The van der Waals surface area contributed by atoms with Gasteiger partial charge in [0, 0.05) is 37.6 Å². The molecule has 3 rings (SSSR count). The van der Waals surface area contributed by atoms with Gasteiger partial charge in [0.15, 0.2) is 0 Å². The van der Waals surface area contributed by atoms with Gasteiger partial charge >= 0.3 is 0 Å². The predicted molar refractivity (Wildman–Crippen MR) is 105 cm³/mol. The van der Waals surface area contributed by atoms with Gasteiger partial charge in [-0.05, 0) is 25.1 Å². The smallest absolute Gasteiger partial charge is 0.253 e. The van der Waals surface area contributed by atoms with Crippen molar-refractivity contribution in [3.63, 3.8) is 0 Å². The Morgan fingerprint density at radius 2 is 2.11 bits per heavy atom. The molecule has 0 aliphatic rings. The average Bonchev–Trinajstić information content (AvgIpc) is 3.22. The summed E-state index contributed by atoms with van der Waals surface area (Å²) in [7, 11) is 3.12. The molecule has 2 aromatic heterocycles. The van der Waals surface area contributed by atoms with Crippen LogP contribution in [0.5, 0.6) is 5.75 Å². The predicted octanol–water partition coefficient (Wildman–Crippen LogP) is 3.36. The zero-order valence-electron chi connectivity index (χ0n) is 15.4. The number of nitrogens with zero attached hydrogens (tertiary/aromatic N) is 2. The molecule has 0 bridgehead atoms. The highest BCUT2D eigenvalue weighted by molar-refractivity contribution is 7.13. The minimum Gasteiger partial charge on any atom is -0.490 e. The second-order valence-electron chi connectivity index (χ2n) is 5.81. The number of pyridine rings is 1. The van der Waals surface area contributed by atoms with Crippen LogP contribution in [-0.2, 0) is 14.3 Å². The maximum atomic E-state index is 12.1. The number of carbonyl (C=O) groups excluding carboxylic acids is 1. The second kappa shape index (κ2) is 8.90. The average molecular weight is 387 g/mol. The van der Waals surface area contributed by atoms with E-state index in [-0.39, 0.29) is 5.91 Å². The number of thiazole rings is 1. The Hall–Kier alpha value is -2.55. The first-order chi connectivity index (χ1) is 13.1. The molecule has 0 radical (unpaired) electrons. The van der Waals surface area contributed by atoms with Crippen LogP contribution < -0.4 is 10.1 Å². The van der Waals surface area contributed by atoms with Crippen LogP contribution in [0.25, 0.3) is 21.5 Å². The van der Waals surface area contributed by atoms with E-state index in [1.165, 1.54) is 18.4 Å². The normalized spacial score (nSPS) is 12.1. The third-order valence-electron chi connectivity index (χ3n) is 3.99. The number of rotatable bonds is 8. The maximum Gasteiger partial charge on any atom is 0.253 e. The fourth-order valence-corrected chi connectivity index (χ4v) is 3.03. The van der Waals surface area contributed by atoms with Crippen molar-refractivity contribution >= 4 is 33.8 Å². The number of hydrogen-bond acceptors (Lipinski definition) is 7. The molecule has 7 nitrogen and oxygen atoms in total. The lowest BCUT2D eigenvalue weighted by atomic mass is 10.1. The summed E-state index contributed by atoms with van der Waals surface area (Å²) < 4.78 is 16.0. The highest BCUT2D eigenvalue weighted by Crippen LogP contribution is 2.33. The van der Waals surface area contributed by atoms with Crippen molar-refractivity contribution in [3.8, 4) is 16.3 Å². The molecule has 0 saturated carbocycles. The van der Waals surface area contributed by atoms with Crippen LogP contribution >= 0.6 is 11.3 Å². The number of hydrogen-bond donors (Lipinski definition) is 1. The van der Waals surface area contributed by atoms with Gasteiger partial charge in [-0.25, -0.2) is 4.98 Å². The van der Waals surface area contributed by atoms with E-state index in [1.807, 2.05) is 24.3 Å². The summed E-state index contributed by atoms with van der Waals surface area (Å²) in [6, 6.07) is 7.40. The van der Waals surface area contributed by atoms with Crippen molar-refractivity contribution in [3.05, 3.63) is 36.0 Å². The van der Waals surface area contributed by atoms with Gasteiger partial charge in [-0.15, -0.1) is 11.3 Å². The highest BCUT2D eigenvalue weighted by atomic mass is 32.1. The SMILES string of the molecule is COCCOc1cc(-c2cncs2)nc2ccc(NC(=O)C(C)OC)cc12. The number of methoxy groups -OCH3 is 2. The molecule has 2 heterocycles. The molecule has 0 fully saturated rings. The third kappa shape index (κ3) is 4.60. The zero-order valence-corrected chi connectivity index (χ0v) is 16.2. The number of carbonyl (C=O) groups is 1. The van der Waals surface area contributed by atoms with Crippen LogP contribution in [0.15, 0.2) is 36.0 Å². The number of anilines is 1. The van der Waals surface area contributed by atoms with Gasteiger partial charge in [0.2, 0.25) is 0 Å². The molecular formula is C19H21N3O4S. The van der Waals surface area contributed by atoms with Gasteiger partial charge in [-0.3, -0.25) is 9.78 Å². The lowest BCUT2D eigenvalue weighted by Crippen LogP contribution is -2.26. The molecule has 0 aliphatic carbocycles. The molecule has 0 saturated heterocycles. The van der Waals surface area contributed by atoms with Gasteiger partial charge in [0.1, 0.15) is 18.5 Å². The van der Waals surface area contributed by atoms with E-state index in [0.717, 1.165) is 21.5 Å². The fraction of sp³-hybridized carbons (Fsp3) is 0.316. The molecule has 1 atom stereocenters. The first kappa shape index (κ1) is 19.2. The van der Waals surface area contributed by atoms with Crippen molar-refractivity contribution in [2.24, 2.45) is 0 Å². The number of amides is 1. The van der Waals surface area contributed by atoms with Gasteiger partial charge in [-0.2, -0.15) is 0 Å². The number of fused-ring (bicyclic) bond motifs is 1. The van der Waals surface area contributed by atoms with Crippen LogP contribution in [0.1, 0.15) is 6.92 Å². The summed E-state index contributed by atoms with van der Waals surface area (Å²) in [5.74, 6) is 0.462. The summed E-state index contributed by atoms with van der Waals surface area (Å²) in [6.45, 7) is 2.58. The molecule has 1 aromatic carbocycles. The first-order valence-corrected chi connectivity index (χ1v) is 9.29. The van der Waals surface area contributed by atoms with E-state index in [4.69, 9.17) is 19.2 Å². The van der Waals surface area contributed by atoms with Crippen LogP contribution in [-0.4, -0.2) is 49.4 Å². The molecule has 8 heteroatoms. The molecule has 1 N–H and O–H groups in total. The summed E-state index contributed by atoms with van der Waals surface area (Å²) in [5, 5.41) is 3.65. The van der Waals surface area contributed by atoms with E-state index in [0.29, 0.717) is 24.7 Å². The lowest BCUT2D eigenvalue weighted by molar-refractivity contribution is -0.124. The fourth-order valence-electron chi connectivity index (χ4n) is 2.45. The molecule has 142 valence electrons. The first-order valence-electron chi connectivity index (χ1n) is 8.41. The highest BCUT2D eigenvalue weighted by Gasteiger charge is 2.14. The zero-order chi connectivity index (χ0) is 19.2. The Labute approximate surface area is 161 Å². The van der Waals surface area contributed by atoms with Gasteiger partial charge in [0.25, 0.3) is 5.91 Å². The summed E-state index contributed by atoms with van der Waals surface area (Å²) in [6.07, 6.45) is 1.24. The molecule has 3 aromatic rings. The maximum absolute atomic E-state index is 12.1. The largest absolute Gasteiger partial charge is 0.490 e. The Morgan fingerprint density at radius 3 is 2.81 bits per heavy atom. The van der Waals surface area contributed by atoms with Gasteiger partial charge < -0.3 is 19.5 Å². The van der Waals surface area contributed by atoms with Crippen molar-refractivity contribution in [1.82, 2.24) is 9.97 Å². The third-order valence-corrected chi connectivity index (χ3v) is 4.79. The Balaban J connectivity index is 1.98. The van der Waals surface area contributed by atoms with Crippen LogP contribution in [0.4, 0.5) is 5.69 Å². The quantitative estimate of drug-likeness (QED) is 0.597. The van der Waals surface area contributed by atoms with Gasteiger partial charge in [0.05, 0.1) is 28.2 Å². The lowest BCUT2D eigenvalue weighted by Gasteiger charge is -2.14. The van der Waals surface area contributed by atoms with Crippen molar-refractivity contribution in [2.75, 3.05) is 32.8 Å². The number of aromatic nitrogens is 2.